The van der Waals surface area contributed by atoms with E-state index in [1.807, 2.05) is 18.2 Å². The highest BCUT2D eigenvalue weighted by Gasteiger charge is 2.10. The van der Waals surface area contributed by atoms with E-state index in [0.717, 1.165) is 19.2 Å². The molecule has 0 spiro atoms. The summed E-state index contributed by atoms with van der Waals surface area (Å²) in [6, 6.07) is 5.96. The second-order valence-corrected chi connectivity index (χ2v) is 4.99. The smallest absolute Gasteiger partial charge is 0.186 e. The summed E-state index contributed by atoms with van der Waals surface area (Å²) in [5.41, 5.74) is 1.09. The van der Waals surface area contributed by atoms with Gasteiger partial charge in [0, 0.05) is 16.0 Å². The number of aromatic hydroxyl groups is 1. The maximum absolute atomic E-state index is 9.53. The Bertz CT molecular complexity index is 452. The number of alkyl halides is 1. The number of hydrogen-bond acceptors (Lipinski definition) is 2. The van der Waals surface area contributed by atoms with Gasteiger partial charge in [-0.15, -0.1) is 11.6 Å². The predicted octanol–water partition coefficient (Wildman–Crippen LogP) is 3.95. The summed E-state index contributed by atoms with van der Waals surface area (Å²) >= 11 is 9.33. The third-order valence-corrected chi connectivity index (χ3v) is 4.69. The maximum Gasteiger partial charge on any atom is 0.186 e. The Kier molecular flexibility index (Phi) is 2.67. The highest BCUT2D eigenvalue weighted by Crippen LogP contribution is 2.39. The van der Waals surface area contributed by atoms with Crippen molar-refractivity contribution in [3.63, 3.8) is 0 Å². The molecular formula is C9H6ClIOS. The lowest BCUT2D eigenvalue weighted by molar-refractivity contribution is 0.488. The van der Waals surface area contributed by atoms with E-state index < -0.39 is 0 Å². The lowest BCUT2D eigenvalue weighted by atomic mass is 10.2. The van der Waals surface area contributed by atoms with Crippen LogP contribution < -0.4 is 0 Å². The van der Waals surface area contributed by atoms with Gasteiger partial charge in [-0.25, -0.2) is 0 Å². The highest BCUT2D eigenvalue weighted by molar-refractivity contribution is 14.1. The number of hydrogen-bond donors (Lipinski definition) is 1. The standard InChI is InChI=1S/C9H6ClIOS/c10-4-5-2-1-3-6-7(11)9(12)13-8(5)6/h1-3,12H,4H2. The first-order valence-corrected chi connectivity index (χ1v) is 6.12. The van der Waals surface area contributed by atoms with Gasteiger partial charge in [0.25, 0.3) is 0 Å². The van der Waals surface area contributed by atoms with Crippen LogP contribution in [-0.4, -0.2) is 5.11 Å². The number of halogens is 2. The number of thiophene rings is 1. The van der Waals surface area contributed by atoms with Crippen LogP contribution in [0.1, 0.15) is 5.56 Å². The van der Waals surface area contributed by atoms with Crippen LogP contribution in [-0.2, 0) is 5.88 Å². The van der Waals surface area contributed by atoms with E-state index in [1.54, 1.807) is 0 Å². The van der Waals surface area contributed by atoms with Gasteiger partial charge in [-0.1, -0.05) is 29.5 Å². The van der Waals surface area contributed by atoms with Crippen LogP contribution in [0.15, 0.2) is 18.2 Å². The van der Waals surface area contributed by atoms with Gasteiger partial charge >= 0.3 is 0 Å². The molecule has 1 aromatic carbocycles. The topological polar surface area (TPSA) is 20.2 Å². The van der Waals surface area contributed by atoms with Gasteiger partial charge in [0.2, 0.25) is 0 Å². The largest absolute Gasteiger partial charge is 0.499 e. The molecule has 68 valence electrons. The summed E-state index contributed by atoms with van der Waals surface area (Å²) in [7, 11) is 0. The molecule has 1 aromatic heterocycles. The highest BCUT2D eigenvalue weighted by atomic mass is 127. The van der Waals surface area contributed by atoms with Crippen LogP contribution >= 0.6 is 45.5 Å². The summed E-state index contributed by atoms with van der Waals surface area (Å²) in [4.78, 5) is 0. The minimum Gasteiger partial charge on any atom is -0.499 e. The van der Waals surface area contributed by atoms with Gasteiger partial charge in [-0.3, -0.25) is 0 Å². The number of fused-ring (bicyclic) bond motifs is 1. The monoisotopic (exact) mass is 324 g/mol. The van der Waals surface area contributed by atoms with Gasteiger partial charge in [-0.2, -0.15) is 0 Å². The second kappa shape index (κ2) is 3.63. The van der Waals surface area contributed by atoms with E-state index in [2.05, 4.69) is 22.6 Å². The Labute approximate surface area is 98.5 Å². The first-order chi connectivity index (χ1) is 6.24. The first-order valence-electron chi connectivity index (χ1n) is 3.69. The summed E-state index contributed by atoms with van der Waals surface area (Å²) in [5.74, 6) is 0.493. The van der Waals surface area contributed by atoms with Crippen LogP contribution in [0.2, 0.25) is 0 Å². The van der Waals surface area contributed by atoms with Crippen LogP contribution in [0.4, 0.5) is 0 Å². The fourth-order valence-corrected chi connectivity index (χ4v) is 3.45. The molecule has 0 saturated heterocycles. The molecule has 0 radical (unpaired) electrons. The van der Waals surface area contributed by atoms with Crippen LogP contribution in [0.25, 0.3) is 10.1 Å². The first kappa shape index (κ1) is 9.55. The number of rotatable bonds is 1. The van der Waals surface area contributed by atoms with Crippen molar-refractivity contribution in [1.29, 1.82) is 0 Å². The minimum absolute atomic E-state index is 0.383. The van der Waals surface area contributed by atoms with E-state index in [0.29, 0.717) is 10.9 Å². The van der Waals surface area contributed by atoms with Gasteiger partial charge in [0.15, 0.2) is 5.06 Å². The lowest BCUT2D eigenvalue weighted by Gasteiger charge is -1.95. The molecule has 0 atom stereocenters. The summed E-state index contributed by atoms with van der Waals surface area (Å²) in [6.45, 7) is 0. The molecule has 0 saturated carbocycles. The van der Waals surface area contributed by atoms with Crippen molar-refractivity contribution in [3.8, 4) is 5.06 Å². The normalized spacial score (nSPS) is 10.9. The molecule has 0 fully saturated rings. The molecule has 0 aliphatic heterocycles. The molecular weight excluding hydrogens is 319 g/mol. The Morgan fingerprint density at radius 1 is 1.46 bits per heavy atom. The maximum atomic E-state index is 9.53. The van der Waals surface area contributed by atoms with Crippen LogP contribution in [0.5, 0.6) is 5.06 Å². The summed E-state index contributed by atoms with van der Waals surface area (Å²) in [6.07, 6.45) is 0. The summed E-state index contributed by atoms with van der Waals surface area (Å²) < 4.78 is 2.02. The Morgan fingerprint density at radius 2 is 2.23 bits per heavy atom. The SMILES string of the molecule is Oc1sc2c(CCl)cccc2c1I. The van der Waals surface area contributed by atoms with Crippen molar-refractivity contribution in [2.45, 2.75) is 5.88 Å². The average molecular weight is 325 g/mol. The fraction of sp³-hybridized carbons (Fsp3) is 0.111. The second-order valence-electron chi connectivity index (χ2n) is 2.65. The fourth-order valence-electron chi connectivity index (χ4n) is 1.24. The Balaban J connectivity index is 2.84. The number of benzene rings is 1. The molecule has 0 bridgehead atoms. The van der Waals surface area contributed by atoms with Crippen LogP contribution in [0.3, 0.4) is 0 Å². The predicted molar refractivity (Wildman–Crippen MR) is 65.8 cm³/mol. The van der Waals surface area contributed by atoms with Crippen molar-refractivity contribution >= 4 is 55.6 Å². The van der Waals surface area contributed by atoms with E-state index >= 15 is 0 Å². The molecule has 13 heavy (non-hydrogen) atoms. The Hall–Kier alpha value is -0.000000000000000111. The average Bonchev–Trinajstić information content (AvgIpc) is 2.43. The van der Waals surface area contributed by atoms with Crippen molar-refractivity contribution in [1.82, 2.24) is 0 Å². The lowest BCUT2D eigenvalue weighted by Crippen LogP contribution is -1.76. The van der Waals surface area contributed by atoms with Gasteiger partial charge < -0.3 is 5.11 Å². The molecule has 4 heteroatoms. The Morgan fingerprint density at radius 3 is 2.92 bits per heavy atom. The summed E-state index contributed by atoms with van der Waals surface area (Å²) in [5, 5.41) is 11.0. The molecule has 2 aromatic rings. The third-order valence-electron chi connectivity index (χ3n) is 1.86. The molecule has 0 unspecified atom stereocenters. The van der Waals surface area contributed by atoms with Crippen molar-refractivity contribution < 1.29 is 5.11 Å². The zero-order valence-corrected chi connectivity index (χ0v) is 10.3. The van der Waals surface area contributed by atoms with Gasteiger partial charge in [0.05, 0.1) is 3.57 Å². The molecule has 0 aliphatic rings. The zero-order chi connectivity index (χ0) is 9.42. The van der Waals surface area contributed by atoms with Crippen LogP contribution in [0, 0.1) is 3.57 Å². The molecule has 1 N–H and O–H groups in total. The van der Waals surface area contributed by atoms with E-state index in [-0.39, 0.29) is 0 Å². The van der Waals surface area contributed by atoms with Gasteiger partial charge in [-0.05, 0) is 28.2 Å². The minimum atomic E-state index is 0.383. The van der Waals surface area contributed by atoms with Gasteiger partial charge in [0.1, 0.15) is 0 Å². The molecule has 0 aliphatic carbocycles. The van der Waals surface area contributed by atoms with E-state index in [1.165, 1.54) is 11.3 Å². The quantitative estimate of drug-likeness (QED) is 0.622. The molecule has 1 nitrogen and oxygen atoms in total. The zero-order valence-electron chi connectivity index (χ0n) is 6.55. The van der Waals surface area contributed by atoms with Crippen molar-refractivity contribution in [2.75, 3.05) is 0 Å². The van der Waals surface area contributed by atoms with E-state index in [9.17, 15) is 5.11 Å². The van der Waals surface area contributed by atoms with Crippen molar-refractivity contribution in [3.05, 3.63) is 27.3 Å². The molecule has 1 heterocycles. The molecule has 0 amide bonds. The third kappa shape index (κ3) is 1.53. The molecule has 2 rings (SSSR count). The van der Waals surface area contributed by atoms with E-state index in [4.69, 9.17) is 11.6 Å². The van der Waals surface area contributed by atoms with Crippen molar-refractivity contribution in [2.24, 2.45) is 0 Å².